The van der Waals surface area contributed by atoms with Crippen LogP contribution < -0.4 is 11.1 Å². The second kappa shape index (κ2) is 4.06. The molecule has 1 aromatic heterocycles. The largest absolute Gasteiger partial charge is 0.370 e. The van der Waals surface area contributed by atoms with E-state index in [1.54, 1.807) is 18.4 Å². The van der Waals surface area contributed by atoms with Gasteiger partial charge in [0, 0.05) is 12.4 Å². The lowest BCUT2D eigenvalue weighted by Gasteiger charge is -2.00. The third kappa shape index (κ3) is 2.50. The Morgan fingerprint density at radius 2 is 2.58 bits per heavy atom. The minimum atomic E-state index is 0.445. The zero-order valence-corrected chi connectivity index (χ0v) is 7.98. The zero-order valence-electron chi connectivity index (χ0n) is 7.16. The van der Waals surface area contributed by atoms with Crippen molar-refractivity contribution in [3.05, 3.63) is 16.1 Å². The van der Waals surface area contributed by atoms with E-state index in [0.717, 1.165) is 10.7 Å². The fourth-order valence-electron chi connectivity index (χ4n) is 0.750. The smallest absolute Gasteiger partial charge is 0.188 e. The van der Waals surface area contributed by atoms with Gasteiger partial charge in [0.05, 0.1) is 17.2 Å². The van der Waals surface area contributed by atoms with Gasteiger partial charge in [-0.3, -0.25) is 4.99 Å². The van der Waals surface area contributed by atoms with E-state index in [2.05, 4.69) is 15.3 Å². The molecule has 1 heterocycles. The Bertz CT molecular complexity index is 279. The molecule has 0 radical (unpaired) electrons. The molecule has 0 aliphatic rings. The van der Waals surface area contributed by atoms with E-state index in [9.17, 15) is 0 Å². The normalized spacial score (nSPS) is 11.7. The lowest BCUT2D eigenvalue weighted by Crippen LogP contribution is -2.30. The number of aryl methyl sites for hydroxylation is 1. The van der Waals surface area contributed by atoms with Crippen molar-refractivity contribution in [1.29, 1.82) is 0 Å². The Hall–Kier alpha value is -1.10. The molecule has 5 heteroatoms. The maximum Gasteiger partial charge on any atom is 0.188 e. The van der Waals surface area contributed by atoms with Crippen LogP contribution in [0.25, 0.3) is 0 Å². The van der Waals surface area contributed by atoms with E-state index in [0.29, 0.717) is 12.5 Å². The molecule has 66 valence electrons. The predicted molar refractivity (Wildman–Crippen MR) is 51.2 cm³/mol. The fraction of sp³-hybridized carbons (Fsp3) is 0.429. The van der Waals surface area contributed by atoms with Crippen LogP contribution in [0.15, 0.2) is 10.4 Å². The molecular weight excluding hydrogens is 172 g/mol. The number of hydrogen-bond acceptors (Lipinski definition) is 3. The van der Waals surface area contributed by atoms with Gasteiger partial charge in [-0.1, -0.05) is 0 Å². The molecular formula is C7H12N4S. The number of guanidine groups is 1. The highest BCUT2D eigenvalue weighted by Gasteiger charge is 1.97. The number of hydrogen-bond donors (Lipinski definition) is 2. The topological polar surface area (TPSA) is 63.3 Å². The summed E-state index contributed by atoms with van der Waals surface area (Å²) in [5, 5.41) is 6.01. The first-order valence-electron chi connectivity index (χ1n) is 3.59. The summed E-state index contributed by atoms with van der Waals surface area (Å²) >= 11 is 1.63. The molecule has 0 amide bonds. The Balaban J connectivity index is 2.43. The van der Waals surface area contributed by atoms with Gasteiger partial charge in [-0.2, -0.15) is 0 Å². The van der Waals surface area contributed by atoms with Crippen molar-refractivity contribution >= 4 is 17.3 Å². The van der Waals surface area contributed by atoms with Gasteiger partial charge in [0.15, 0.2) is 5.96 Å². The molecule has 1 aromatic rings. The number of nitrogens with zero attached hydrogens (tertiary/aromatic N) is 2. The summed E-state index contributed by atoms with van der Waals surface area (Å²) in [7, 11) is 1.65. The second-order valence-electron chi connectivity index (χ2n) is 2.32. The maximum atomic E-state index is 5.44. The molecule has 0 saturated heterocycles. The van der Waals surface area contributed by atoms with Crippen molar-refractivity contribution in [2.45, 2.75) is 13.5 Å². The van der Waals surface area contributed by atoms with Gasteiger partial charge < -0.3 is 11.1 Å². The Morgan fingerprint density at radius 1 is 1.83 bits per heavy atom. The van der Waals surface area contributed by atoms with E-state index in [4.69, 9.17) is 5.73 Å². The average molecular weight is 184 g/mol. The summed E-state index contributed by atoms with van der Waals surface area (Å²) < 4.78 is 0. The molecule has 12 heavy (non-hydrogen) atoms. The van der Waals surface area contributed by atoms with E-state index in [1.165, 1.54) is 0 Å². The maximum absolute atomic E-state index is 5.44. The van der Waals surface area contributed by atoms with Gasteiger partial charge in [-0.05, 0) is 6.92 Å². The van der Waals surface area contributed by atoms with Gasteiger partial charge in [0.25, 0.3) is 0 Å². The van der Waals surface area contributed by atoms with Crippen molar-refractivity contribution in [2.24, 2.45) is 10.7 Å². The first kappa shape index (κ1) is 8.99. The van der Waals surface area contributed by atoms with Gasteiger partial charge in [0.1, 0.15) is 0 Å². The van der Waals surface area contributed by atoms with Gasteiger partial charge >= 0.3 is 0 Å². The van der Waals surface area contributed by atoms with Gasteiger partial charge in [0.2, 0.25) is 0 Å². The molecule has 0 fully saturated rings. The number of nitrogens with two attached hydrogens (primary N) is 1. The average Bonchev–Trinajstić information content (AvgIpc) is 2.47. The number of rotatable bonds is 2. The van der Waals surface area contributed by atoms with E-state index in [-0.39, 0.29) is 0 Å². The minimum Gasteiger partial charge on any atom is -0.370 e. The second-order valence-corrected chi connectivity index (χ2v) is 3.38. The van der Waals surface area contributed by atoms with Crippen LogP contribution in [-0.2, 0) is 6.54 Å². The molecule has 0 saturated carbocycles. The van der Waals surface area contributed by atoms with Crippen molar-refractivity contribution in [3.63, 3.8) is 0 Å². The Kier molecular flexibility index (Phi) is 3.04. The highest BCUT2D eigenvalue weighted by Crippen LogP contribution is 2.06. The van der Waals surface area contributed by atoms with E-state index >= 15 is 0 Å². The molecule has 0 aliphatic heterocycles. The minimum absolute atomic E-state index is 0.445. The number of nitrogens with one attached hydrogen (secondary N) is 1. The molecule has 0 unspecified atom stereocenters. The summed E-state index contributed by atoms with van der Waals surface area (Å²) in [5.74, 6) is 0.445. The van der Waals surface area contributed by atoms with Crippen LogP contribution in [0.3, 0.4) is 0 Å². The first-order chi connectivity index (χ1) is 5.72. The van der Waals surface area contributed by atoms with Crippen molar-refractivity contribution < 1.29 is 0 Å². The van der Waals surface area contributed by atoms with E-state index in [1.807, 2.05) is 12.3 Å². The zero-order chi connectivity index (χ0) is 8.97. The molecule has 1 rings (SSSR count). The monoisotopic (exact) mass is 184 g/mol. The van der Waals surface area contributed by atoms with Crippen molar-refractivity contribution in [1.82, 2.24) is 10.3 Å². The molecule has 0 spiro atoms. The fourth-order valence-corrected chi connectivity index (χ4v) is 1.36. The number of aromatic nitrogens is 1. The van der Waals surface area contributed by atoms with Crippen LogP contribution in [0.1, 0.15) is 10.7 Å². The lowest BCUT2D eigenvalue weighted by molar-refractivity contribution is 0.868. The van der Waals surface area contributed by atoms with Crippen LogP contribution in [0, 0.1) is 6.92 Å². The highest BCUT2D eigenvalue weighted by molar-refractivity contribution is 7.09. The standard InChI is InChI=1S/C7H12N4S/c1-5-11-6(4-12-5)3-10-7(8)9-2/h4H,3H2,1-2H3,(H3,8,9,10). The summed E-state index contributed by atoms with van der Waals surface area (Å²) in [6.45, 7) is 2.62. The van der Waals surface area contributed by atoms with Gasteiger partial charge in [-0.25, -0.2) is 4.98 Å². The molecule has 0 atom stereocenters. The molecule has 3 N–H and O–H groups in total. The molecule has 0 bridgehead atoms. The summed E-state index contributed by atoms with van der Waals surface area (Å²) in [6, 6.07) is 0. The molecule has 0 aromatic carbocycles. The summed E-state index contributed by atoms with van der Waals surface area (Å²) in [4.78, 5) is 8.03. The number of thiazole rings is 1. The third-order valence-corrected chi connectivity index (χ3v) is 2.18. The third-order valence-electron chi connectivity index (χ3n) is 1.36. The van der Waals surface area contributed by atoms with Gasteiger partial charge in [-0.15, -0.1) is 11.3 Å². The van der Waals surface area contributed by atoms with E-state index < -0.39 is 0 Å². The van der Waals surface area contributed by atoms with Crippen molar-refractivity contribution in [2.75, 3.05) is 7.05 Å². The predicted octanol–water partition coefficient (Wildman–Crippen LogP) is 0.486. The van der Waals surface area contributed by atoms with Crippen LogP contribution >= 0.6 is 11.3 Å². The highest BCUT2D eigenvalue weighted by atomic mass is 32.1. The van der Waals surface area contributed by atoms with Crippen LogP contribution in [0.4, 0.5) is 0 Å². The number of aliphatic imine (C=N–C) groups is 1. The Labute approximate surface area is 75.5 Å². The first-order valence-corrected chi connectivity index (χ1v) is 4.47. The van der Waals surface area contributed by atoms with Crippen LogP contribution in [0.5, 0.6) is 0 Å². The van der Waals surface area contributed by atoms with Crippen LogP contribution in [0.2, 0.25) is 0 Å². The van der Waals surface area contributed by atoms with Crippen LogP contribution in [-0.4, -0.2) is 18.0 Å². The van der Waals surface area contributed by atoms with Crippen molar-refractivity contribution in [3.8, 4) is 0 Å². The summed E-state index contributed by atoms with van der Waals surface area (Å²) in [5.41, 5.74) is 6.45. The molecule has 4 nitrogen and oxygen atoms in total. The summed E-state index contributed by atoms with van der Waals surface area (Å²) in [6.07, 6.45) is 0. The SMILES string of the molecule is CN=C(N)NCc1csc(C)n1. The molecule has 0 aliphatic carbocycles. The lowest BCUT2D eigenvalue weighted by atomic mass is 10.5. The Morgan fingerprint density at radius 3 is 3.08 bits per heavy atom. The quantitative estimate of drug-likeness (QED) is 0.519.